The first kappa shape index (κ1) is 18.7. The van der Waals surface area contributed by atoms with Gasteiger partial charge in [-0.2, -0.15) is 0 Å². The number of nitrogens with zero attached hydrogens (tertiary/aromatic N) is 1. The SMILES string of the molecule is Cc1c(Cl)cccc1S(=O)(=O)Nc1nc(CCCCC(=O)O)cs1. The fourth-order valence-electron chi connectivity index (χ4n) is 2.10. The van der Waals surface area contributed by atoms with Gasteiger partial charge in [-0.05, 0) is 43.9 Å². The summed E-state index contributed by atoms with van der Waals surface area (Å²) in [6.45, 7) is 1.65. The number of carboxylic acids is 1. The number of aromatic nitrogens is 1. The lowest BCUT2D eigenvalue weighted by Gasteiger charge is -2.09. The van der Waals surface area contributed by atoms with E-state index in [0.717, 1.165) is 5.69 Å². The Morgan fingerprint density at radius 1 is 1.38 bits per heavy atom. The van der Waals surface area contributed by atoms with E-state index >= 15 is 0 Å². The van der Waals surface area contributed by atoms with Crippen LogP contribution in [0.5, 0.6) is 0 Å². The molecule has 24 heavy (non-hydrogen) atoms. The third kappa shape index (κ3) is 4.93. The number of anilines is 1. The lowest BCUT2D eigenvalue weighted by Crippen LogP contribution is -2.14. The number of halogens is 1. The summed E-state index contributed by atoms with van der Waals surface area (Å²) in [6, 6.07) is 4.71. The molecule has 0 aliphatic rings. The van der Waals surface area contributed by atoms with Crippen LogP contribution >= 0.6 is 22.9 Å². The van der Waals surface area contributed by atoms with E-state index < -0.39 is 16.0 Å². The number of aryl methyl sites for hydroxylation is 1. The van der Waals surface area contributed by atoms with E-state index in [1.54, 1.807) is 24.4 Å². The van der Waals surface area contributed by atoms with E-state index in [-0.39, 0.29) is 16.4 Å². The summed E-state index contributed by atoms with van der Waals surface area (Å²) < 4.78 is 27.4. The number of carbonyl (C=O) groups is 1. The van der Waals surface area contributed by atoms with Crippen LogP contribution in [0.1, 0.15) is 30.5 Å². The zero-order chi connectivity index (χ0) is 17.7. The Morgan fingerprint density at radius 3 is 2.83 bits per heavy atom. The average molecular weight is 389 g/mol. The van der Waals surface area contributed by atoms with Crippen molar-refractivity contribution in [1.82, 2.24) is 4.98 Å². The van der Waals surface area contributed by atoms with E-state index in [4.69, 9.17) is 16.7 Å². The van der Waals surface area contributed by atoms with E-state index in [1.165, 1.54) is 17.4 Å². The van der Waals surface area contributed by atoms with Crippen molar-refractivity contribution in [2.45, 2.75) is 37.5 Å². The second kappa shape index (κ2) is 7.96. The maximum absolute atomic E-state index is 12.5. The summed E-state index contributed by atoms with van der Waals surface area (Å²) >= 11 is 7.17. The monoisotopic (exact) mass is 388 g/mol. The van der Waals surface area contributed by atoms with Gasteiger partial charge in [0.05, 0.1) is 10.6 Å². The standard InChI is InChI=1S/C15H17ClN2O4S2/c1-10-12(16)6-4-7-13(10)24(21,22)18-15-17-11(9-23-15)5-2-3-8-14(19)20/h4,6-7,9H,2-3,5,8H2,1H3,(H,17,18)(H,19,20). The molecule has 2 rings (SSSR count). The van der Waals surface area contributed by atoms with Gasteiger partial charge in [0.25, 0.3) is 10.0 Å². The van der Waals surface area contributed by atoms with Gasteiger partial charge in [-0.15, -0.1) is 11.3 Å². The number of rotatable bonds is 8. The molecule has 0 amide bonds. The second-order valence-electron chi connectivity index (χ2n) is 5.21. The smallest absolute Gasteiger partial charge is 0.303 e. The van der Waals surface area contributed by atoms with Gasteiger partial charge >= 0.3 is 5.97 Å². The number of hydrogen-bond acceptors (Lipinski definition) is 5. The molecule has 130 valence electrons. The van der Waals surface area contributed by atoms with Crippen LogP contribution in [0.2, 0.25) is 5.02 Å². The minimum atomic E-state index is -3.75. The minimum Gasteiger partial charge on any atom is -0.481 e. The highest BCUT2D eigenvalue weighted by Gasteiger charge is 2.19. The Kier molecular flexibility index (Phi) is 6.20. The Balaban J connectivity index is 2.03. The molecule has 1 aromatic heterocycles. The van der Waals surface area contributed by atoms with E-state index in [2.05, 4.69) is 9.71 Å². The van der Waals surface area contributed by atoms with Crippen molar-refractivity contribution in [2.75, 3.05) is 4.72 Å². The summed E-state index contributed by atoms with van der Waals surface area (Å²) in [5, 5.41) is 11.0. The second-order valence-corrected chi connectivity index (χ2v) is 8.13. The van der Waals surface area contributed by atoms with Crippen molar-refractivity contribution in [2.24, 2.45) is 0 Å². The van der Waals surface area contributed by atoms with Crippen LogP contribution in [-0.2, 0) is 21.2 Å². The van der Waals surface area contributed by atoms with Gasteiger partial charge in [0, 0.05) is 16.8 Å². The average Bonchev–Trinajstić information content (AvgIpc) is 2.93. The molecule has 1 heterocycles. The lowest BCUT2D eigenvalue weighted by atomic mass is 10.2. The number of nitrogens with one attached hydrogen (secondary N) is 1. The van der Waals surface area contributed by atoms with Gasteiger partial charge in [-0.25, -0.2) is 13.4 Å². The fraction of sp³-hybridized carbons (Fsp3) is 0.333. The third-order valence-electron chi connectivity index (χ3n) is 3.35. The summed E-state index contributed by atoms with van der Waals surface area (Å²) in [4.78, 5) is 14.8. The number of unbranched alkanes of at least 4 members (excludes halogenated alkanes) is 1. The molecule has 0 spiro atoms. The van der Waals surface area contributed by atoms with Crippen LogP contribution in [-0.4, -0.2) is 24.5 Å². The molecular formula is C15H17ClN2O4S2. The molecule has 0 atom stereocenters. The molecule has 1 aromatic carbocycles. The number of hydrogen-bond donors (Lipinski definition) is 2. The quantitative estimate of drug-likeness (QED) is 0.672. The Morgan fingerprint density at radius 2 is 2.12 bits per heavy atom. The van der Waals surface area contributed by atoms with Gasteiger partial charge < -0.3 is 5.11 Å². The maximum atomic E-state index is 12.5. The normalized spacial score (nSPS) is 11.4. The zero-order valence-corrected chi connectivity index (χ0v) is 15.3. The number of thiazole rings is 1. The molecule has 2 aromatic rings. The predicted molar refractivity (Wildman–Crippen MR) is 94.3 cm³/mol. The van der Waals surface area contributed by atoms with Crippen LogP contribution < -0.4 is 4.72 Å². The highest BCUT2D eigenvalue weighted by molar-refractivity contribution is 7.93. The number of aliphatic carboxylic acids is 1. The first-order valence-corrected chi connectivity index (χ1v) is 9.98. The van der Waals surface area contributed by atoms with E-state index in [9.17, 15) is 13.2 Å². The van der Waals surface area contributed by atoms with Crippen molar-refractivity contribution in [1.29, 1.82) is 0 Å². The molecule has 2 N–H and O–H groups in total. The molecule has 0 aliphatic heterocycles. The molecule has 0 fully saturated rings. The highest BCUT2D eigenvalue weighted by atomic mass is 35.5. The topological polar surface area (TPSA) is 96.4 Å². The Hall–Kier alpha value is -1.64. The Bertz CT molecular complexity index is 834. The van der Waals surface area contributed by atoms with Crippen LogP contribution in [0.4, 0.5) is 5.13 Å². The number of carboxylic acid groups (broad SMARTS) is 1. The van der Waals surface area contributed by atoms with Crippen LogP contribution in [0.25, 0.3) is 0 Å². The molecule has 0 radical (unpaired) electrons. The van der Waals surface area contributed by atoms with Crippen molar-refractivity contribution in [3.63, 3.8) is 0 Å². The highest BCUT2D eigenvalue weighted by Crippen LogP contribution is 2.26. The largest absolute Gasteiger partial charge is 0.481 e. The zero-order valence-electron chi connectivity index (χ0n) is 13.0. The summed E-state index contributed by atoms with van der Waals surface area (Å²) in [5.74, 6) is -0.821. The van der Waals surface area contributed by atoms with Crippen LogP contribution in [0, 0.1) is 6.92 Å². The van der Waals surface area contributed by atoms with Gasteiger partial charge in [0.2, 0.25) is 0 Å². The first-order chi connectivity index (χ1) is 11.3. The van der Waals surface area contributed by atoms with Crippen molar-refractivity contribution >= 4 is 44.1 Å². The summed E-state index contributed by atoms with van der Waals surface area (Å²) in [5.41, 5.74) is 1.23. The fourth-order valence-corrected chi connectivity index (χ4v) is 4.60. The van der Waals surface area contributed by atoms with Crippen molar-refractivity contribution in [3.05, 3.63) is 39.9 Å². The molecule has 0 aliphatic carbocycles. The molecule has 0 bridgehead atoms. The van der Waals surface area contributed by atoms with Gasteiger partial charge in [-0.1, -0.05) is 17.7 Å². The number of benzene rings is 1. The first-order valence-electron chi connectivity index (χ1n) is 7.24. The Labute approximate surface area is 149 Å². The summed E-state index contributed by atoms with van der Waals surface area (Å²) in [6.07, 6.45) is 1.99. The summed E-state index contributed by atoms with van der Waals surface area (Å²) in [7, 11) is -3.75. The van der Waals surface area contributed by atoms with Crippen molar-refractivity contribution < 1.29 is 18.3 Å². The molecule has 9 heteroatoms. The third-order valence-corrected chi connectivity index (χ3v) is 6.18. The van der Waals surface area contributed by atoms with Gasteiger partial charge in [0.1, 0.15) is 0 Å². The molecular weight excluding hydrogens is 372 g/mol. The van der Waals surface area contributed by atoms with Crippen LogP contribution in [0.3, 0.4) is 0 Å². The predicted octanol–water partition coefficient (Wildman–Crippen LogP) is 3.70. The van der Waals surface area contributed by atoms with E-state index in [0.29, 0.717) is 29.8 Å². The molecule has 6 nitrogen and oxygen atoms in total. The van der Waals surface area contributed by atoms with Crippen LogP contribution in [0.15, 0.2) is 28.5 Å². The minimum absolute atomic E-state index is 0.119. The van der Waals surface area contributed by atoms with E-state index in [1.807, 2.05) is 0 Å². The van der Waals surface area contributed by atoms with Gasteiger partial charge in [-0.3, -0.25) is 9.52 Å². The molecule has 0 unspecified atom stereocenters. The maximum Gasteiger partial charge on any atom is 0.303 e. The van der Waals surface area contributed by atoms with Crippen molar-refractivity contribution in [3.8, 4) is 0 Å². The molecule has 0 saturated heterocycles. The van der Waals surface area contributed by atoms with Gasteiger partial charge in [0.15, 0.2) is 5.13 Å². The molecule has 0 saturated carbocycles. The number of sulfonamides is 1. The lowest BCUT2D eigenvalue weighted by molar-refractivity contribution is -0.137.